The average Bonchev–Trinajstić information content (AvgIpc) is 2.55. The fourth-order valence-electron chi connectivity index (χ4n) is 3.85. The molecule has 1 aliphatic heterocycles. The van der Waals surface area contributed by atoms with E-state index < -0.39 is 0 Å². The Labute approximate surface area is 132 Å². The van der Waals surface area contributed by atoms with Crippen LogP contribution >= 0.6 is 0 Å². The lowest BCUT2D eigenvalue weighted by molar-refractivity contribution is 0.122. The second kappa shape index (κ2) is 6.25. The molecule has 3 heteroatoms. The number of anilines is 1. The summed E-state index contributed by atoms with van der Waals surface area (Å²) in [5, 5.41) is 1.32. The van der Waals surface area contributed by atoms with Crippen molar-refractivity contribution in [3.63, 3.8) is 0 Å². The highest BCUT2D eigenvalue weighted by Gasteiger charge is 2.22. The lowest BCUT2D eigenvalue weighted by Gasteiger charge is -2.33. The first-order valence-corrected chi connectivity index (χ1v) is 8.67. The van der Waals surface area contributed by atoms with Gasteiger partial charge in [-0.15, -0.1) is 0 Å². The summed E-state index contributed by atoms with van der Waals surface area (Å²) in [5.74, 6) is 0. The number of rotatable bonds is 1. The van der Waals surface area contributed by atoms with Crippen LogP contribution in [0.1, 0.15) is 36.9 Å². The number of benzene rings is 1. The Morgan fingerprint density at radius 1 is 0.909 bits per heavy atom. The molecule has 1 saturated heterocycles. The van der Waals surface area contributed by atoms with Crippen LogP contribution in [0, 0.1) is 0 Å². The van der Waals surface area contributed by atoms with E-state index in [1.165, 1.54) is 54.4 Å². The van der Waals surface area contributed by atoms with Gasteiger partial charge in [-0.1, -0.05) is 31.0 Å². The number of ether oxygens (including phenoxy) is 1. The minimum Gasteiger partial charge on any atom is -0.378 e. The summed E-state index contributed by atoms with van der Waals surface area (Å²) >= 11 is 0. The van der Waals surface area contributed by atoms with Gasteiger partial charge in [0.25, 0.3) is 0 Å². The predicted octanol–water partition coefficient (Wildman–Crippen LogP) is 3.73. The fraction of sp³-hybridized carbons (Fsp3) is 0.526. The van der Waals surface area contributed by atoms with Crippen LogP contribution in [0.5, 0.6) is 0 Å². The van der Waals surface area contributed by atoms with Gasteiger partial charge >= 0.3 is 0 Å². The van der Waals surface area contributed by atoms with Gasteiger partial charge in [0.05, 0.1) is 24.4 Å². The molecule has 0 bridgehead atoms. The molecule has 0 radical (unpaired) electrons. The summed E-state index contributed by atoms with van der Waals surface area (Å²) in [7, 11) is 0. The number of aromatic nitrogens is 1. The monoisotopic (exact) mass is 296 g/mol. The molecule has 0 N–H and O–H groups in total. The third-order valence-corrected chi connectivity index (χ3v) is 4.97. The van der Waals surface area contributed by atoms with Gasteiger partial charge in [-0.25, -0.2) is 0 Å². The molecule has 0 spiro atoms. The molecule has 1 aliphatic carbocycles. The van der Waals surface area contributed by atoms with E-state index in [1.54, 1.807) is 0 Å². The fourth-order valence-corrected chi connectivity index (χ4v) is 3.85. The molecule has 2 heterocycles. The molecule has 1 aromatic heterocycles. The largest absolute Gasteiger partial charge is 0.378 e. The predicted molar refractivity (Wildman–Crippen MR) is 90.7 cm³/mol. The zero-order valence-electron chi connectivity index (χ0n) is 13.2. The van der Waals surface area contributed by atoms with Crippen molar-refractivity contribution < 1.29 is 4.74 Å². The van der Waals surface area contributed by atoms with E-state index in [9.17, 15) is 0 Å². The molecular weight excluding hydrogens is 272 g/mol. The van der Waals surface area contributed by atoms with Crippen molar-refractivity contribution in [2.45, 2.75) is 38.5 Å². The van der Waals surface area contributed by atoms with E-state index >= 15 is 0 Å². The van der Waals surface area contributed by atoms with E-state index in [4.69, 9.17) is 9.72 Å². The number of hydrogen-bond donors (Lipinski definition) is 0. The number of fused-ring (bicyclic) bond motifs is 2. The SMILES string of the molecule is c1ccc2c(N3CCOCC3)c3c(nc2c1)CCCCCC3. The molecular formula is C19H24N2O. The van der Waals surface area contributed by atoms with Crippen molar-refractivity contribution in [3.05, 3.63) is 35.5 Å². The van der Waals surface area contributed by atoms with Gasteiger partial charge in [-0.2, -0.15) is 0 Å². The summed E-state index contributed by atoms with van der Waals surface area (Å²) in [6.07, 6.45) is 7.60. The average molecular weight is 296 g/mol. The topological polar surface area (TPSA) is 25.4 Å². The van der Waals surface area contributed by atoms with E-state index in [2.05, 4.69) is 29.2 Å². The molecule has 1 fully saturated rings. The molecule has 1 aromatic carbocycles. The normalized spacial score (nSPS) is 19.5. The van der Waals surface area contributed by atoms with Crippen LogP contribution in [0.15, 0.2) is 24.3 Å². The number of hydrogen-bond acceptors (Lipinski definition) is 3. The van der Waals surface area contributed by atoms with Crippen LogP contribution in [0.25, 0.3) is 10.9 Å². The second-order valence-electron chi connectivity index (χ2n) is 6.42. The Morgan fingerprint density at radius 2 is 1.68 bits per heavy atom. The number of pyridine rings is 1. The second-order valence-corrected chi connectivity index (χ2v) is 6.42. The zero-order valence-corrected chi connectivity index (χ0v) is 13.2. The van der Waals surface area contributed by atoms with Crippen molar-refractivity contribution in [2.24, 2.45) is 0 Å². The van der Waals surface area contributed by atoms with E-state index in [0.29, 0.717) is 0 Å². The molecule has 3 nitrogen and oxygen atoms in total. The maximum absolute atomic E-state index is 5.56. The summed E-state index contributed by atoms with van der Waals surface area (Å²) in [6, 6.07) is 8.65. The van der Waals surface area contributed by atoms with Crippen LogP contribution in [0.2, 0.25) is 0 Å². The van der Waals surface area contributed by atoms with Gasteiger partial charge < -0.3 is 9.64 Å². The summed E-state index contributed by atoms with van der Waals surface area (Å²) in [4.78, 5) is 7.55. The van der Waals surface area contributed by atoms with E-state index in [0.717, 1.165) is 38.2 Å². The third-order valence-electron chi connectivity index (χ3n) is 4.97. The Hall–Kier alpha value is -1.61. The Kier molecular flexibility index (Phi) is 3.98. The molecule has 2 aromatic rings. The van der Waals surface area contributed by atoms with Crippen molar-refractivity contribution >= 4 is 16.6 Å². The highest BCUT2D eigenvalue weighted by molar-refractivity contribution is 5.94. The van der Waals surface area contributed by atoms with Gasteiger partial charge in [0.2, 0.25) is 0 Å². The van der Waals surface area contributed by atoms with E-state index in [-0.39, 0.29) is 0 Å². The van der Waals surface area contributed by atoms with Crippen LogP contribution in [-0.2, 0) is 17.6 Å². The number of aryl methyl sites for hydroxylation is 1. The molecule has 2 aliphatic rings. The third kappa shape index (κ3) is 2.58. The minimum absolute atomic E-state index is 0.839. The lowest BCUT2D eigenvalue weighted by Crippen LogP contribution is -2.37. The molecule has 0 unspecified atom stereocenters. The van der Waals surface area contributed by atoms with Crippen LogP contribution in [0.3, 0.4) is 0 Å². The standard InChI is InChI=1S/C19H24N2O/c1-2-4-9-17-15(7-3-1)19(21-11-13-22-14-12-21)16-8-5-6-10-18(16)20-17/h5-6,8,10H,1-4,7,9,11-14H2. The van der Waals surface area contributed by atoms with E-state index in [1.807, 2.05) is 0 Å². The Balaban J connectivity index is 1.90. The molecule has 22 heavy (non-hydrogen) atoms. The Morgan fingerprint density at radius 3 is 2.55 bits per heavy atom. The van der Waals surface area contributed by atoms with Crippen molar-refractivity contribution in [3.8, 4) is 0 Å². The van der Waals surface area contributed by atoms with Crippen molar-refractivity contribution in [1.29, 1.82) is 0 Å². The highest BCUT2D eigenvalue weighted by Crippen LogP contribution is 2.35. The Bertz CT molecular complexity index is 662. The molecule has 116 valence electrons. The molecule has 4 rings (SSSR count). The maximum atomic E-state index is 5.56. The first kappa shape index (κ1) is 14.0. The van der Waals surface area contributed by atoms with Gasteiger partial charge in [0, 0.05) is 24.2 Å². The molecule has 0 amide bonds. The number of para-hydroxylation sites is 1. The van der Waals surface area contributed by atoms with Crippen molar-refractivity contribution in [1.82, 2.24) is 4.98 Å². The smallest absolute Gasteiger partial charge is 0.0726 e. The van der Waals surface area contributed by atoms with Gasteiger partial charge in [0.1, 0.15) is 0 Å². The van der Waals surface area contributed by atoms with Crippen LogP contribution in [0.4, 0.5) is 5.69 Å². The van der Waals surface area contributed by atoms with Crippen LogP contribution in [-0.4, -0.2) is 31.3 Å². The minimum atomic E-state index is 0.839. The number of morpholine rings is 1. The highest BCUT2D eigenvalue weighted by atomic mass is 16.5. The van der Waals surface area contributed by atoms with Crippen LogP contribution < -0.4 is 4.90 Å². The summed E-state index contributed by atoms with van der Waals surface area (Å²) < 4.78 is 5.56. The summed E-state index contributed by atoms with van der Waals surface area (Å²) in [6.45, 7) is 3.68. The summed E-state index contributed by atoms with van der Waals surface area (Å²) in [5.41, 5.74) is 5.47. The maximum Gasteiger partial charge on any atom is 0.0726 e. The van der Waals surface area contributed by atoms with Crippen molar-refractivity contribution in [2.75, 3.05) is 31.2 Å². The lowest BCUT2D eigenvalue weighted by atomic mass is 9.93. The first-order chi connectivity index (χ1) is 10.9. The first-order valence-electron chi connectivity index (χ1n) is 8.67. The number of nitrogens with zero attached hydrogens (tertiary/aromatic N) is 2. The molecule has 0 atom stereocenters. The molecule has 0 saturated carbocycles. The van der Waals surface area contributed by atoms with Gasteiger partial charge in [-0.05, 0) is 37.3 Å². The van der Waals surface area contributed by atoms with Gasteiger partial charge in [-0.3, -0.25) is 4.98 Å². The van der Waals surface area contributed by atoms with Gasteiger partial charge in [0.15, 0.2) is 0 Å². The quantitative estimate of drug-likeness (QED) is 0.802. The zero-order chi connectivity index (χ0) is 14.8.